The first-order chi connectivity index (χ1) is 6.47. The lowest BCUT2D eigenvalue weighted by molar-refractivity contribution is 0.312. The average molecular weight is 194 g/mol. The van der Waals surface area contributed by atoms with Crippen molar-refractivity contribution in [3.05, 3.63) is 12.3 Å². The van der Waals surface area contributed by atoms with Crippen LogP contribution in [0.1, 0.15) is 27.2 Å². The highest BCUT2D eigenvalue weighted by Gasteiger charge is 2.38. The molecule has 1 N–H and O–H groups in total. The van der Waals surface area contributed by atoms with Crippen LogP contribution >= 0.6 is 0 Å². The number of fused-ring (bicyclic) bond motifs is 2. The molecule has 2 nitrogen and oxygen atoms in total. The van der Waals surface area contributed by atoms with Gasteiger partial charge in [0.05, 0.1) is 0 Å². The Labute approximate surface area is 87.4 Å². The first kappa shape index (κ1) is 10.0. The van der Waals surface area contributed by atoms with Crippen molar-refractivity contribution in [3.63, 3.8) is 0 Å². The van der Waals surface area contributed by atoms with E-state index in [1.54, 1.807) is 0 Å². The molecular weight excluding hydrogens is 172 g/mol. The van der Waals surface area contributed by atoms with E-state index in [1.165, 1.54) is 31.8 Å². The molecular formula is C12H22N2. The number of hydrogen-bond donors (Lipinski definition) is 1. The summed E-state index contributed by atoms with van der Waals surface area (Å²) in [6, 6.07) is 0.662. The van der Waals surface area contributed by atoms with E-state index in [2.05, 4.69) is 37.6 Å². The van der Waals surface area contributed by atoms with Crippen molar-refractivity contribution >= 4 is 0 Å². The van der Waals surface area contributed by atoms with E-state index in [4.69, 9.17) is 0 Å². The average Bonchev–Trinajstić information content (AvgIpc) is 2.62. The van der Waals surface area contributed by atoms with Crippen molar-refractivity contribution in [1.82, 2.24) is 10.2 Å². The molecule has 0 aromatic heterocycles. The third kappa shape index (κ3) is 1.81. The zero-order chi connectivity index (χ0) is 10.3. The summed E-state index contributed by atoms with van der Waals surface area (Å²) in [7, 11) is 0. The highest BCUT2D eigenvalue weighted by molar-refractivity contribution is 5.08. The molecule has 0 aromatic rings. The van der Waals surface area contributed by atoms with Gasteiger partial charge in [-0.2, -0.15) is 0 Å². The maximum atomic E-state index is 4.14. The smallest absolute Gasteiger partial charge is 0.0426 e. The molecule has 0 aliphatic carbocycles. The van der Waals surface area contributed by atoms with Gasteiger partial charge in [0.2, 0.25) is 0 Å². The Morgan fingerprint density at radius 3 is 2.50 bits per heavy atom. The SMILES string of the molecule is C=C(N[C@@H]1CN2CC[C@H]1C2)C(C)(C)C. The van der Waals surface area contributed by atoms with E-state index in [1.807, 2.05) is 0 Å². The summed E-state index contributed by atoms with van der Waals surface area (Å²) >= 11 is 0. The Morgan fingerprint density at radius 2 is 2.07 bits per heavy atom. The van der Waals surface area contributed by atoms with Crippen LogP contribution in [0.25, 0.3) is 0 Å². The summed E-state index contributed by atoms with van der Waals surface area (Å²) < 4.78 is 0. The number of hydrogen-bond acceptors (Lipinski definition) is 2. The highest BCUT2D eigenvalue weighted by Crippen LogP contribution is 2.30. The molecule has 2 aliphatic rings. The fourth-order valence-electron chi connectivity index (χ4n) is 2.39. The summed E-state index contributed by atoms with van der Waals surface area (Å²) in [6.45, 7) is 14.6. The van der Waals surface area contributed by atoms with Crippen LogP contribution in [-0.2, 0) is 0 Å². The van der Waals surface area contributed by atoms with Gasteiger partial charge in [-0.1, -0.05) is 27.4 Å². The van der Waals surface area contributed by atoms with Gasteiger partial charge in [-0.05, 0) is 18.9 Å². The van der Waals surface area contributed by atoms with Crippen molar-refractivity contribution in [2.45, 2.75) is 33.2 Å². The molecule has 2 heterocycles. The molecule has 2 fully saturated rings. The molecule has 2 aliphatic heterocycles. The van der Waals surface area contributed by atoms with Gasteiger partial charge >= 0.3 is 0 Å². The van der Waals surface area contributed by atoms with E-state index in [9.17, 15) is 0 Å². The molecule has 0 amide bonds. The van der Waals surface area contributed by atoms with Crippen molar-refractivity contribution in [2.75, 3.05) is 19.6 Å². The van der Waals surface area contributed by atoms with Gasteiger partial charge in [0.15, 0.2) is 0 Å². The van der Waals surface area contributed by atoms with Crippen LogP contribution in [0.5, 0.6) is 0 Å². The minimum Gasteiger partial charge on any atom is -0.384 e. The predicted octanol–water partition coefficient (Wildman–Crippen LogP) is 1.84. The number of nitrogens with one attached hydrogen (secondary N) is 1. The molecule has 2 rings (SSSR count). The van der Waals surface area contributed by atoms with Crippen molar-refractivity contribution in [2.24, 2.45) is 11.3 Å². The van der Waals surface area contributed by atoms with E-state index in [0.717, 1.165) is 5.92 Å². The zero-order valence-electron chi connectivity index (χ0n) is 9.64. The fourth-order valence-corrected chi connectivity index (χ4v) is 2.39. The number of rotatable bonds is 2. The van der Waals surface area contributed by atoms with Gasteiger partial charge in [0.1, 0.15) is 0 Å². The van der Waals surface area contributed by atoms with Crippen LogP contribution in [0.2, 0.25) is 0 Å². The van der Waals surface area contributed by atoms with E-state index in [-0.39, 0.29) is 5.41 Å². The molecule has 0 spiro atoms. The largest absolute Gasteiger partial charge is 0.384 e. The number of allylic oxidation sites excluding steroid dienone is 1. The standard InChI is InChI=1S/C12H22N2/c1-9(12(2,3)4)13-11-8-14-6-5-10(11)7-14/h10-11,13H,1,5-8H2,2-4H3/t10-,11+/m0/s1. The lowest BCUT2D eigenvalue weighted by atomic mass is 9.91. The van der Waals surface area contributed by atoms with Gasteiger partial charge in [0, 0.05) is 30.2 Å². The van der Waals surface area contributed by atoms with Gasteiger partial charge < -0.3 is 10.2 Å². The summed E-state index contributed by atoms with van der Waals surface area (Å²) in [5.74, 6) is 0.870. The van der Waals surface area contributed by atoms with Crippen molar-refractivity contribution in [3.8, 4) is 0 Å². The third-order valence-electron chi connectivity index (χ3n) is 3.60. The second-order valence-corrected chi connectivity index (χ2v) is 5.79. The molecule has 2 saturated heterocycles. The third-order valence-corrected chi connectivity index (χ3v) is 3.60. The Balaban J connectivity index is 1.90. The highest BCUT2D eigenvalue weighted by atomic mass is 15.2. The molecule has 2 bridgehead atoms. The fraction of sp³-hybridized carbons (Fsp3) is 0.833. The molecule has 3 atom stereocenters. The summed E-state index contributed by atoms with van der Waals surface area (Å²) in [5, 5.41) is 3.61. The number of nitrogens with zero attached hydrogens (tertiary/aromatic N) is 1. The Bertz CT molecular complexity index is 239. The Morgan fingerprint density at radius 1 is 1.36 bits per heavy atom. The minimum atomic E-state index is 0.192. The van der Waals surface area contributed by atoms with Gasteiger partial charge in [-0.25, -0.2) is 0 Å². The number of piperidine rings is 1. The van der Waals surface area contributed by atoms with Crippen LogP contribution in [0.4, 0.5) is 0 Å². The summed E-state index contributed by atoms with van der Waals surface area (Å²) in [4.78, 5) is 2.55. The van der Waals surface area contributed by atoms with Gasteiger partial charge in [-0.3, -0.25) is 0 Å². The molecule has 1 unspecified atom stereocenters. The van der Waals surface area contributed by atoms with Gasteiger partial charge in [0.25, 0.3) is 0 Å². The first-order valence-electron chi connectivity index (χ1n) is 5.65. The molecule has 0 radical (unpaired) electrons. The lowest BCUT2D eigenvalue weighted by Gasteiger charge is -2.30. The topological polar surface area (TPSA) is 15.3 Å². The normalized spacial score (nSPS) is 36.1. The second-order valence-electron chi connectivity index (χ2n) is 5.79. The Hall–Kier alpha value is -0.500. The zero-order valence-corrected chi connectivity index (χ0v) is 9.64. The van der Waals surface area contributed by atoms with Crippen molar-refractivity contribution in [1.29, 1.82) is 0 Å². The molecule has 80 valence electrons. The van der Waals surface area contributed by atoms with Gasteiger partial charge in [-0.15, -0.1) is 0 Å². The minimum absolute atomic E-state index is 0.192. The van der Waals surface area contributed by atoms with Crippen molar-refractivity contribution < 1.29 is 0 Å². The molecule has 0 saturated carbocycles. The second kappa shape index (κ2) is 3.27. The molecule has 14 heavy (non-hydrogen) atoms. The quantitative estimate of drug-likeness (QED) is 0.721. The first-order valence-corrected chi connectivity index (χ1v) is 5.65. The van der Waals surface area contributed by atoms with E-state index >= 15 is 0 Å². The maximum Gasteiger partial charge on any atom is 0.0426 e. The van der Waals surface area contributed by atoms with Crippen LogP contribution < -0.4 is 5.32 Å². The van der Waals surface area contributed by atoms with E-state index in [0.29, 0.717) is 6.04 Å². The summed E-state index contributed by atoms with van der Waals surface area (Å²) in [6.07, 6.45) is 1.37. The lowest BCUT2D eigenvalue weighted by Crippen LogP contribution is -2.41. The Kier molecular flexibility index (Phi) is 2.34. The van der Waals surface area contributed by atoms with Crippen LogP contribution in [0.3, 0.4) is 0 Å². The molecule has 0 aromatic carbocycles. The van der Waals surface area contributed by atoms with E-state index < -0.39 is 0 Å². The monoisotopic (exact) mass is 194 g/mol. The summed E-state index contributed by atoms with van der Waals surface area (Å²) in [5.41, 5.74) is 1.38. The van der Waals surface area contributed by atoms with Crippen LogP contribution in [0.15, 0.2) is 12.3 Å². The van der Waals surface area contributed by atoms with Crippen LogP contribution in [-0.4, -0.2) is 30.6 Å². The van der Waals surface area contributed by atoms with Crippen LogP contribution in [0, 0.1) is 11.3 Å². The maximum absolute atomic E-state index is 4.14. The predicted molar refractivity (Wildman–Crippen MR) is 60.1 cm³/mol. The molecule has 2 heteroatoms.